The topological polar surface area (TPSA) is 27.0 Å². The second-order valence-electron chi connectivity index (χ2n) is 4.71. The van der Waals surface area contributed by atoms with Gasteiger partial charge in [0.2, 0.25) is 0 Å². The molecule has 0 aliphatic heterocycles. The Morgan fingerprint density at radius 2 is 2.05 bits per heavy atom. The maximum Gasteiger partial charge on any atom is 0.161 e. The number of nitriles is 1. The highest BCUT2D eigenvalue weighted by atomic mass is 79.9. The number of rotatable bonds is 3. The van der Waals surface area contributed by atoms with E-state index in [0.29, 0.717) is 10.7 Å². The SMILES string of the molecule is CC(c1cccc(Cl)c1)N(C)c1ccc(C#N)c(Br)c1F. The van der Waals surface area contributed by atoms with E-state index >= 15 is 0 Å². The Labute approximate surface area is 136 Å². The molecular weight excluding hydrogens is 355 g/mol. The summed E-state index contributed by atoms with van der Waals surface area (Å²) in [5.74, 6) is -0.439. The van der Waals surface area contributed by atoms with E-state index in [-0.39, 0.29) is 16.1 Å². The van der Waals surface area contributed by atoms with Crippen LogP contribution in [-0.4, -0.2) is 7.05 Å². The van der Waals surface area contributed by atoms with Crippen molar-refractivity contribution >= 4 is 33.2 Å². The molecule has 0 aliphatic carbocycles. The smallest absolute Gasteiger partial charge is 0.161 e. The van der Waals surface area contributed by atoms with Crippen LogP contribution in [0.3, 0.4) is 0 Å². The molecular formula is C16H13BrClFN2. The van der Waals surface area contributed by atoms with Crippen LogP contribution >= 0.6 is 27.5 Å². The molecule has 0 spiro atoms. The van der Waals surface area contributed by atoms with Gasteiger partial charge < -0.3 is 4.90 Å². The third kappa shape index (κ3) is 3.20. The molecule has 2 rings (SSSR count). The van der Waals surface area contributed by atoms with E-state index in [1.807, 2.05) is 43.1 Å². The molecule has 21 heavy (non-hydrogen) atoms. The minimum absolute atomic E-state index is 0.0574. The van der Waals surface area contributed by atoms with Gasteiger partial charge in [-0.05, 0) is 52.7 Å². The molecule has 0 saturated heterocycles. The summed E-state index contributed by atoms with van der Waals surface area (Å²) in [6.07, 6.45) is 0. The highest BCUT2D eigenvalue weighted by Crippen LogP contribution is 2.33. The Balaban J connectivity index is 2.38. The molecule has 0 bridgehead atoms. The first-order chi connectivity index (χ1) is 9.95. The van der Waals surface area contributed by atoms with E-state index in [9.17, 15) is 4.39 Å². The summed E-state index contributed by atoms with van der Waals surface area (Å²) in [5, 5.41) is 9.56. The van der Waals surface area contributed by atoms with Gasteiger partial charge in [0.1, 0.15) is 6.07 Å². The quantitative estimate of drug-likeness (QED) is 0.735. The number of benzene rings is 2. The van der Waals surface area contributed by atoms with Gasteiger partial charge in [0, 0.05) is 12.1 Å². The molecule has 1 atom stereocenters. The zero-order chi connectivity index (χ0) is 15.6. The van der Waals surface area contributed by atoms with E-state index < -0.39 is 5.82 Å². The van der Waals surface area contributed by atoms with Crippen molar-refractivity contribution in [1.29, 1.82) is 5.26 Å². The molecule has 2 aromatic carbocycles. The Morgan fingerprint density at radius 3 is 2.67 bits per heavy atom. The van der Waals surface area contributed by atoms with E-state index in [0.717, 1.165) is 5.56 Å². The van der Waals surface area contributed by atoms with E-state index in [1.54, 1.807) is 18.2 Å². The Bertz CT molecular complexity index is 712. The van der Waals surface area contributed by atoms with Crippen molar-refractivity contribution in [1.82, 2.24) is 0 Å². The number of hydrogen-bond acceptors (Lipinski definition) is 2. The standard InChI is InChI=1S/C16H13BrClFN2/c1-10(11-4-3-5-13(18)8-11)21(2)14-7-6-12(9-20)15(17)16(14)19/h3-8,10H,1-2H3. The van der Waals surface area contributed by atoms with Crippen molar-refractivity contribution in [2.75, 3.05) is 11.9 Å². The third-order valence-corrected chi connectivity index (χ3v) is 4.48. The number of halogens is 3. The maximum absolute atomic E-state index is 14.4. The number of hydrogen-bond donors (Lipinski definition) is 0. The lowest BCUT2D eigenvalue weighted by molar-refractivity contribution is 0.605. The summed E-state index contributed by atoms with van der Waals surface area (Å²) in [4.78, 5) is 1.81. The zero-order valence-electron chi connectivity index (χ0n) is 11.6. The molecule has 0 aromatic heterocycles. The normalized spacial score (nSPS) is 11.8. The highest BCUT2D eigenvalue weighted by molar-refractivity contribution is 9.10. The first-order valence-corrected chi connectivity index (χ1v) is 7.49. The molecule has 0 saturated carbocycles. The van der Waals surface area contributed by atoms with Crippen LogP contribution in [0, 0.1) is 17.1 Å². The van der Waals surface area contributed by atoms with Crippen LogP contribution in [0.15, 0.2) is 40.9 Å². The van der Waals surface area contributed by atoms with Gasteiger partial charge in [0.05, 0.1) is 21.8 Å². The molecule has 2 aromatic rings. The molecule has 1 unspecified atom stereocenters. The molecule has 2 nitrogen and oxygen atoms in total. The van der Waals surface area contributed by atoms with Crippen molar-refractivity contribution in [2.45, 2.75) is 13.0 Å². The fourth-order valence-corrected chi connectivity index (χ4v) is 2.72. The van der Waals surface area contributed by atoms with Crippen molar-refractivity contribution in [2.24, 2.45) is 0 Å². The molecule has 0 radical (unpaired) electrons. The molecule has 5 heteroatoms. The zero-order valence-corrected chi connectivity index (χ0v) is 13.9. The maximum atomic E-state index is 14.4. The molecule has 0 N–H and O–H groups in total. The fourth-order valence-electron chi connectivity index (χ4n) is 2.10. The van der Waals surface area contributed by atoms with E-state index in [4.69, 9.17) is 16.9 Å². The van der Waals surface area contributed by atoms with Crippen LogP contribution in [-0.2, 0) is 0 Å². The third-order valence-electron chi connectivity index (χ3n) is 3.47. The number of anilines is 1. The monoisotopic (exact) mass is 366 g/mol. The predicted molar refractivity (Wildman–Crippen MR) is 87.1 cm³/mol. The summed E-state index contributed by atoms with van der Waals surface area (Å²) < 4.78 is 14.6. The first kappa shape index (κ1) is 15.8. The minimum atomic E-state index is -0.439. The molecule has 108 valence electrons. The predicted octanol–water partition coefficient (Wildman–Crippen LogP) is 5.31. The van der Waals surface area contributed by atoms with Gasteiger partial charge in [-0.25, -0.2) is 4.39 Å². The summed E-state index contributed by atoms with van der Waals surface area (Å²) in [6.45, 7) is 1.97. The highest BCUT2D eigenvalue weighted by Gasteiger charge is 2.19. The van der Waals surface area contributed by atoms with Crippen molar-refractivity contribution in [3.63, 3.8) is 0 Å². The van der Waals surface area contributed by atoms with Gasteiger partial charge in [0.25, 0.3) is 0 Å². The van der Waals surface area contributed by atoms with E-state index in [1.165, 1.54) is 0 Å². The van der Waals surface area contributed by atoms with Gasteiger partial charge in [-0.15, -0.1) is 0 Å². The Hall–Kier alpha value is -1.57. The minimum Gasteiger partial charge on any atom is -0.365 e. The van der Waals surface area contributed by atoms with Crippen molar-refractivity contribution < 1.29 is 4.39 Å². The van der Waals surface area contributed by atoms with Crippen LogP contribution in [0.2, 0.25) is 5.02 Å². The summed E-state index contributed by atoms with van der Waals surface area (Å²) >= 11 is 9.13. The van der Waals surface area contributed by atoms with Gasteiger partial charge in [0.15, 0.2) is 5.82 Å². The van der Waals surface area contributed by atoms with Crippen LogP contribution in [0.4, 0.5) is 10.1 Å². The molecule has 0 aliphatic rings. The Morgan fingerprint density at radius 1 is 1.33 bits per heavy atom. The van der Waals surface area contributed by atoms with Crippen LogP contribution < -0.4 is 4.90 Å². The van der Waals surface area contributed by atoms with Gasteiger partial charge in [-0.2, -0.15) is 5.26 Å². The van der Waals surface area contributed by atoms with Crippen LogP contribution in [0.25, 0.3) is 0 Å². The van der Waals surface area contributed by atoms with Gasteiger partial charge in [-0.3, -0.25) is 0 Å². The Kier molecular flexibility index (Phi) is 4.87. The van der Waals surface area contributed by atoms with Crippen LogP contribution in [0.1, 0.15) is 24.1 Å². The molecule has 0 heterocycles. The molecule has 0 amide bonds. The average Bonchev–Trinajstić information content (AvgIpc) is 2.48. The lowest BCUT2D eigenvalue weighted by Gasteiger charge is -2.28. The lowest BCUT2D eigenvalue weighted by atomic mass is 10.1. The summed E-state index contributed by atoms with van der Waals surface area (Å²) in [6, 6.07) is 12.6. The summed E-state index contributed by atoms with van der Waals surface area (Å²) in [7, 11) is 1.81. The van der Waals surface area contributed by atoms with Gasteiger partial charge >= 0.3 is 0 Å². The van der Waals surface area contributed by atoms with E-state index in [2.05, 4.69) is 15.9 Å². The van der Waals surface area contributed by atoms with Crippen LogP contribution in [0.5, 0.6) is 0 Å². The fraction of sp³-hybridized carbons (Fsp3) is 0.188. The second-order valence-corrected chi connectivity index (χ2v) is 5.94. The van der Waals surface area contributed by atoms with Gasteiger partial charge in [-0.1, -0.05) is 23.7 Å². The lowest BCUT2D eigenvalue weighted by Crippen LogP contribution is -2.22. The van der Waals surface area contributed by atoms with Crippen molar-refractivity contribution in [3.8, 4) is 6.07 Å². The largest absolute Gasteiger partial charge is 0.365 e. The molecule has 0 fully saturated rings. The number of nitrogens with zero attached hydrogens (tertiary/aromatic N) is 2. The average molecular weight is 368 g/mol. The first-order valence-electron chi connectivity index (χ1n) is 6.32. The second kappa shape index (κ2) is 6.46. The summed E-state index contributed by atoms with van der Waals surface area (Å²) in [5.41, 5.74) is 1.69. The van der Waals surface area contributed by atoms with Crippen molar-refractivity contribution in [3.05, 3.63) is 62.8 Å².